The second kappa shape index (κ2) is 7.08. The van der Waals surface area contributed by atoms with E-state index in [1.807, 2.05) is 0 Å². The van der Waals surface area contributed by atoms with Crippen LogP contribution in [-0.4, -0.2) is 34.9 Å². The molecule has 124 valence electrons. The number of carbonyl (C=O) groups excluding carboxylic acids is 2. The number of hydrogen-bond acceptors (Lipinski definition) is 5. The Labute approximate surface area is 140 Å². The summed E-state index contributed by atoms with van der Waals surface area (Å²) in [4.78, 5) is 34.2. The monoisotopic (exact) mass is 325 g/mol. The lowest BCUT2D eigenvalue weighted by molar-refractivity contribution is -0.114. The lowest BCUT2D eigenvalue weighted by Gasteiger charge is -2.15. The average molecular weight is 325 g/mol. The second-order valence-electron chi connectivity index (χ2n) is 5.65. The molecule has 0 radical (unpaired) electrons. The molecule has 24 heavy (non-hydrogen) atoms. The van der Waals surface area contributed by atoms with E-state index in [-0.39, 0.29) is 11.8 Å². The van der Waals surface area contributed by atoms with Gasteiger partial charge < -0.3 is 15.5 Å². The Morgan fingerprint density at radius 1 is 1.08 bits per heavy atom. The molecule has 1 aliphatic heterocycles. The van der Waals surface area contributed by atoms with Gasteiger partial charge in [0.2, 0.25) is 11.9 Å². The molecule has 0 unspecified atom stereocenters. The van der Waals surface area contributed by atoms with Crippen molar-refractivity contribution in [2.75, 3.05) is 28.6 Å². The van der Waals surface area contributed by atoms with E-state index in [1.165, 1.54) is 6.92 Å². The van der Waals surface area contributed by atoms with Crippen LogP contribution in [0.25, 0.3) is 0 Å². The van der Waals surface area contributed by atoms with Gasteiger partial charge >= 0.3 is 0 Å². The number of amides is 2. The highest BCUT2D eigenvalue weighted by atomic mass is 16.2. The number of anilines is 3. The lowest BCUT2D eigenvalue weighted by Crippen LogP contribution is -2.22. The molecule has 1 aromatic carbocycles. The summed E-state index contributed by atoms with van der Waals surface area (Å²) in [6.45, 7) is 3.28. The van der Waals surface area contributed by atoms with Crippen molar-refractivity contribution >= 4 is 29.1 Å². The normalized spacial score (nSPS) is 13.6. The number of nitrogens with one attached hydrogen (secondary N) is 2. The van der Waals surface area contributed by atoms with Crippen molar-refractivity contribution in [1.29, 1.82) is 0 Å². The Morgan fingerprint density at radius 2 is 1.79 bits per heavy atom. The molecule has 0 aliphatic carbocycles. The minimum atomic E-state index is -0.308. The Bertz CT molecular complexity index is 756. The Balaban J connectivity index is 1.73. The van der Waals surface area contributed by atoms with Gasteiger partial charge in [-0.3, -0.25) is 9.59 Å². The quantitative estimate of drug-likeness (QED) is 0.900. The van der Waals surface area contributed by atoms with Gasteiger partial charge in [-0.2, -0.15) is 0 Å². The summed E-state index contributed by atoms with van der Waals surface area (Å²) in [5.41, 5.74) is 1.53. The van der Waals surface area contributed by atoms with E-state index >= 15 is 0 Å². The zero-order chi connectivity index (χ0) is 16.9. The Hall–Kier alpha value is -2.96. The summed E-state index contributed by atoms with van der Waals surface area (Å²) in [5, 5.41) is 5.47. The predicted octanol–water partition coefficient (Wildman–Crippen LogP) is 2.29. The summed E-state index contributed by atoms with van der Waals surface area (Å²) in [6.07, 6.45) is 3.84. The van der Waals surface area contributed by atoms with Gasteiger partial charge in [0.1, 0.15) is 5.69 Å². The first-order valence-corrected chi connectivity index (χ1v) is 7.89. The molecule has 7 nitrogen and oxygen atoms in total. The third-order valence-electron chi connectivity index (χ3n) is 3.71. The van der Waals surface area contributed by atoms with E-state index < -0.39 is 0 Å². The molecule has 7 heteroatoms. The van der Waals surface area contributed by atoms with Crippen molar-refractivity contribution in [3.63, 3.8) is 0 Å². The molecule has 1 aromatic heterocycles. The average Bonchev–Trinajstić information content (AvgIpc) is 3.09. The highest BCUT2D eigenvalue weighted by Gasteiger charge is 2.17. The minimum Gasteiger partial charge on any atom is -0.341 e. The van der Waals surface area contributed by atoms with Gasteiger partial charge in [-0.15, -0.1) is 0 Å². The topological polar surface area (TPSA) is 87.2 Å². The number of hydrogen-bond donors (Lipinski definition) is 2. The standard InChI is InChI=1S/C17H19N5O2/c1-12(23)19-13-5-4-6-14(11-13)20-16(24)15-7-8-18-17(21-15)22-9-2-3-10-22/h4-8,11H,2-3,9-10H2,1H3,(H,19,23)(H,20,24). The summed E-state index contributed by atoms with van der Waals surface area (Å²) in [7, 11) is 0. The first-order valence-electron chi connectivity index (χ1n) is 7.89. The third kappa shape index (κ3) is 3.87. The maximum atomic E-state index is 12.4. The number of aromatic nitrogens is 2. The largest absolute Gasteiger partial charge is 0.341 e. The fraction of sp³-hybridized carbons (Fsp3) is 0.294. The maximum absolute atomic E-state index is 12.4. The van der Waals surface area contributed by atoms with E-state index in [0.717, 1.165) is 25.9 Å². The molecule has 0 spiro atoms. The summed E-state index contributed by atoms with van der Waals surface area (Å²) in [5.74, 6) is 0.120. The molecule has 2 aromatic rings. The molecule has 0 atom stereocenters. The van der Waals surface area contributed by atoms with Gasteiger partial charge in [0, 0.05) is 37.6 Å². The lowest BCUT2D eigenvalue weighted by atomic mass is 10.2. The van der Waals surface area contributed by atoms with Crippen molar-refractivity contribution in [2.24, 2.45) is 0 Å². The summed E-state index contributed by atoms with van der Waals surface area (Å²) >= 11 is 0. The smallest absolute Gasteiger partial charge is 0.274 e. The number of rotatable bonds is 4. The number of nitrogens with zero attached hydrogens (tertiary/aromatic N) is 3. The summed E-state index contributed by atoms with van der Waals surface area (Å²) in [6, 6.07) is 8.56. The highest BCUT2D eigenvalue weighted by Crippen LogP contribution is 2.18. The van der Waals surface area contributed by atoms with Gasteiger partial charge in [-0.1, -0.05) is 6.07 Å². The zero-order valence-electron chi connectivity index (χ0n) is 13.5. The van der Waals surface area contributed by atoms with Crippen molar-refractivity contribution in [3.05, 3.63) is 42.2 Å². The van der Waals surface area contributed by atoms with Crippen LogP contribution in [0.3, 0.4) is 0 Å². The predicted molar refractivity (Wildman–Crippen MR) is 92.2 cm³/mol. The fourth-order valence-electron chi connectivity index (χ4n) is 2.62. The molecule has 3 rings (SSSR count). The molecule has 1 aliphatic rings. The Kier molecular flexibility index (Phi) is 4.69. The second-order valence-corrected chi connectivity index (χ2v) is 5.65. The Morgan fingerprint density at radius 3 is 2.50 bits per heavy atom. The van der Waals surface area contributed by atoms with Crippen LogP contribution in [0, 0.1) is 0 Å². The van der Waals surface area contributed by atoms with E-state index in [0.29, 0.717) is 23.0 Å². The van der Waals surface area contributed by atoms with Crippen molar-refractivity contribution in [2.45, 2.75) is 19.8 Å². The molecular weight excluding hydrogens is 306 g/mol. The van der Waals surface area contributed by atoms with Crippen LogP contribution in [0.2, 0.25) is 0 Å². The number of benzene rings is 1. The molecule has 1 fully saturated rings. The molecule has 2 amide bonds. The molecular formula is C17H19N5O2. The van der Waals surface area contributed by atoms with Gasteiger partial charge in [0.25, 0.3) is 5.91 Å². The third-order valence-corrected chi connectivity index (χ3v) is 3.71. The number of carbonyl (C=O) groups is 2. The van der Waals surface area contributed by atoms with Crippen LogP contribution in [0.5, 0.6) is 0 Å². The van der Waals surface area contributed by atoms with Crippen LogP contribution in [-0.2, 0) is 4.79 Å². The van der Waals surface area contributed by atoms with E-state index in [9.17, 15) is 9.59 Å². The fourth-order valence-corrected chi connectivity index (χ4v) is 2.62. The van der Waals surface area contributed by atoms with Crippen LogP contribution in [0.4, 0.5) is 17.3 Å². The van der Waals surface area contributed by atoms with Crippen LogP contribution in [0.15, 0.2) is 36.5 Å². The highest BCUT2D eigenvalue weighted by molar-refractivity contribution is 6.03. The van der Waals surface area contributed by atoms with Crippen molar-refractivity contribution in [3.8, 4) is 0 Å². The van der Waals surface area contributed by atoms with E-state index in [2.05, 4.69) is 25.5 Å². The molecule has 0 saturated carbocycles. The van der Waals surface area contributed by atoms with Crippen LogP contribution < -0.4 is 15.5 Å². The van der Waals surface area contributed by atoms with Gasteiger partial charge in [0.05, 0.1) is 0 Å². The van der Waals surface area contributed by atoms with Crippen molar-refractivity contribution < 1.29 is 9.59 Å². The minimum absolute atomic E-state index is 0.162. The molecule has 0 bridgehead atoms. The van der Waals surface area contributed by atoms with E-state index in [1.54, 1.807) is 36.5 Å². The first kappa shape index (κ1) is 15.9. The van der Waals surface area contributed by atoms with E-state index in [4.69, 9.17) is 0 Å². The van der Waals surface area contributed by atoms with Gasteiger partial charge in [-0.25, -0.2) is 9.97 Å². The first-order chi connectivity index (χ1) is 11.6. The summed E-state index contributed by atoms with van der Waals surface area (Å²) < 4.78 is 0. The van der Waals surface area contributed by atoms with Crippen LogP contribution in [0.1, 0.15) is 30.3 Å². The van der Waals surface area contributed by atoms with Gasteiger partial charge in [-0.05, 0) is 37.1 Å². The molecule has 2 N–H and O–H groups in total. The molecule has 1 saturated heterocycles. The maximum Gasteiger partial charge on any atom is 0.274 e. The van der Waals surface area contributed by atoms with Crippen LogP contribution >= 0.6 is 0 Å². The zero-order valence-corrected chi connectivity index (χ0v) is 13.5. The van der Waals surface area contributed by atoms with Crippen molar-refractivity contribution in [1.82, 2.24) is 9.97 Å². The SMILES string of the molecule is CC(=O)Nc1cccc(NC(=O)c2ccnc(N3CCCC3)n2)c1. The molecule has 2 heterocycles. The van der Waals surface area contributed by atoms with Gasteiger partial charge in [0.15, 0.2) is 0 Å².